The molecule has 3 N–H and O–H groups in total. The van der Waals surface area contributed by atoms with E-state index < -0.39 is 0 Å². The van der Waals surface area contributed by atoms with E-state index in [0.717, 1.165) is 22.5 Å². The van der Waals surface area contributed by atoms with E-state index in [1.54, 1.807) is 25.1 Å². The molecule has 0 fully saturated rings. The smallest absolute Gasteiger partial charge is 0.274 e. The molecule has 3 aromatic rings. The van der Waals surface area contributed by atoms with Gasteiger partial charge in [-0.1, -0.05) is 18.2 Å². The summed E-state index contributed by atoms with van der Waals surface area (Å²) in [7, 11) is 0. The zero-order chi connectivity index (χ0) is 21.0. The van der Waals surface area contributed by atoms with Crippen LogP contribution in [0.25, 0.3) is 0 Å². The number of carbonyl (C=O) groups excluding carboxylic acids is 2. The highest BCUT2D eigenvalue weighted by atomic mass is 16.2. The number of benzene rings is 2. The van der Waals surface area contributed by atoms with Gasteiger partial charge in [0.2, 0.25) is 5.91 Å². The third-order valence-electron chi connectivity index (χ3n) is 4.27. The van der Waals surface area contributed by atoms with Crippen molar-refractivity contribution in [2.75, 3.05) is 16.0 Å². The number of rotatable bonds is 5. The summed E-state index contributed by atoms with van der Waals surface area (Å²) in [5, 5.41) is 8.82. The van der Waals surface area contributed by atoms with Crippen LogP contribution in [0.2, 0.25) is 0 Å². The molecule has 2 amide bonds. The van der Waals surface area contributed by atoms with Gasteiger partial charge in [0.25, 0.3) is 5.91 Å². The Bertz CT molecular complexity index is 1040. The van der Waals surface area contributed by atoms with Gasteiger partial charge >= 0.3 is 0 Å². The molecule has 0 aliphatic heterocycles. The summed E-state index contributed by atoms with van der Waals surface area (Å²) in [5.74, 6) is 0.571. The quantitative estimate of drug-likeness (QED) is 0.603. The molecule has 148 valence electrons. The highest BCUT2D eigenvalue weighted by Gasteiger charge is 2.13. The molecule has 3 rings (SSSR count). The van der Waals surface area contributed by atoms with E-state index >= 15 is 0 Å². The van der Waals surface area contributed by atoms with Crippen LogP contribution in [-0.2, 0) is 4.79 Å². The first-order valence-corrected chi connectivity index (χ1v) is 9.20. The first kappa shape index (κ1) is 20.0. The number of anilines is 4. The molecule has 2 aromatic carbocycles. The SMILES string of the molecule is CC(=O)Nc1ccc(Nc2cc(C(=O)Nc3c(C)cccc3C)nc(C)n2)cc1. The molecule has 0 radical (unpaired) electrons. The van der Waals surface area contributed by atoms with Gasteiger partial charge in [0, 0.05) is 30.1 Å². The third kappa shape index (κ3) is 5.16. The van der Waals surface area contributed by atoms with Gasteiger partial charge in [0.1, 0.15) is 17.3 Å². The van der Waals surface area contributed by atoms with Crippen LogP contribution in [0.4, 0.5) is 22.9 Å². The summed E-state index contributed by atoms with van der Waals surface area (Å²) in [4.78, 5) is 32.5. The van der Waals surface area contributed by atoms with Crippen LogP contribution in [0, 0.1) is 20.8 Å². The number of carbonyl (C=O) groups is 2. The summed E-state index contributed by atoms with van der Waals surface area (Å²) >= 11 is 0. The van der Waals surface area contributed by atoms with Gasteiger partial charge in [0.15, 0.2) is 0 Å². The first-order valence-electron chi connectivity index (χ1n) is 9.20. The number of aryl methyl sites for hydroxylation is 3. The lowest BCUT2D eigenvalue weighted by Gasteiger charge is -2.12. The zero-order valence-corrected chi connectivity index (χ0v) is 16.8. The van der Waals surface area contributed by atoms with Crippen molar-refractivity contribution in [3.63, 3.8) is 0 Å². The fourth-order valence-electron chi connectivity index (χ4n) is 2.93. The molecule has 7 heteroatoms. The minimum Gasteiger partial charge on any atom is -0.340 e. The van der Waals surface area contributed by atoms with Crippen molar-refractivity contribution >= 4 is 34.7 Å². The normalized spacial score (nSPS) is 10.3. The Labute approximate surface area is 169 Å². The molecular formula is C22H23N5O2. The molecule has 0 bridgehead atoms. The molecule has 1 aromatic heterocycles. The van der Waals surface area contributed by atoms with E-state index in [1.165, 1.54) is 6.92 Å². The standard InChI is InChI=1S/C22H23N5O2/c1-13-6-5-7-14(2)21(13)27-22(29)19-12-20(24-15(3)23-19)26-18-10-8-17(9-11-18)25-16(4)28/h5-12H,1-4H3,(H,25,28)(H,27,29)(H,23,24,26). The summed E-state index contributed by atoms with van der Waals surface area (Å²) in [6, 6.07) is 14.7. The highest BCUT2D eigenvalue weighted by Crippen LogP contribution is 2.22. The molecule has 1 heterocycles. The van der Waals surface area contributed by atoms with Gasteiger partial charge in [-0.25, -0.2) is 9.97 Å². The topological polar surface area (TPSA) is 96.0 Å². The summed E-state index contributed by atoms with van der Waals surface area (Å²) < 4.78 is 0. The molecule has 0 aliphatic rings. The lowest BCUT2D eigenvalue weighted by Crippen LogP contribution is -2.16. The summed E-state index contributed by atoms with van der Waals surface area (Å²) in [5.41, 5.74) is 4.52. The van der Waals surface area contributed by atoms with E-state index in [4.69, 9.17) is 0 Å². The largest absolute Gasteiger partial charge is 0.340 e. The molecule has 0 saturated carbocycles. The van der Waals surface area contributed by atoms with E-state index in [1.807, 2.05) is 44.2 Å². The van der Waals surface area contributed by atoms with Crippen LogP contribution in [0.15, 0.2) is 48.5 Å². The Morgan fingerprint density at radius 3 is 2.07 bits per heavy atom. The Hall–Kier alpha value is -3.74. The van der Waals surface area contributed by atoms with E-state index in [2.05, 4.69) is 25.9 Å². The van der Waals surface area contributed by atoms with Crippen molar-refractivity contribution < 1.29 is 9.59 Å². The number of hydrogen-bond acceptors (Lipinski definition) is 5. The van der Waals surface area contributed by atoms with Crippen molar-refractivity contribution in [2.24, 2.45) is 0 Å². The Kier molecular flexibility index (Phi) is 5.87. The highest BCUT2D eigenvalue weighted by molar-refractivity contribution is 6.04. The van der Waals surface area contributed by atoms with Gasteiger partial charge in [-0.15, -0.1) is 0 Å². The third-order valence-corrected chi connectivity index (χ3v) is 4.27. The van der Waals surface area contributed by atoms with Crippen molar-refractivity contribution in [1.29, 1.82) is 0 Å². The van der Waals surface area contributed by atoms with Crippen molar-refractivity contribution in [3.05, 3.63) is 71.2 Å². The number of amides is 2. The van der Waals surface area contributed by atoms with Gasteiger partial charge in [-0.2, -0.15) is 0 Å². The van der Waals surface area contributed by atoms with Crippen LogP contribution >= 0.6 is 0 Å². The average molecular weight is 389 g/mol. The van der Waals surface area contributed by atoms with Crippen LogP contribution in [0.1, 0.15) is 34.4 Å². The van der Waals surface area contributed by atoms with Crippen LogP contribution < -0.4 is 16.0 Å². The van der Waals surface area contributed by atoms with Gasteiger partial charge in [-0.3, -0.25) is 9.59 Å². The summed E-state index contributed by atoms with van der Waals surface area (Å²) in [6.07, 6.45) is 0. The predicted molar refractivity (Wildman–Crippen MR) is 115 cm³/mol. The summed E-state index contributed by atoms with van der Waals surface area (Å²) in [6.45, 7) is 7.10. The Morgan fingerprint density at radius 1 is 0.828 bits per heavy atom. The maximum absolute atomic E-state index is 12.8. The maximum atomic E-state index is 12.8. The minimum absolute atomic E-state index is 0.128. The number of nitrogens with one attached hydrogen (secondary N) is 3. The molecule has 0 spiro atoms. The number of hydrogen-bond donors (Lipinski definition) is 3. The average Bonchev–Trinajstić information content (AvgIpc) is 2.65. The fraction of sp³-hybridized carbons (Fsp3) is 0.182. The van der Waals surface area contributed by atoms with Crippen LogP contribution in [-0.4, -0.2) is 21.8 Å². The lowest BCUT2D eigenvalue weighted by molar-refractivity contribution is -0.114. The molecule has 0 unspecified atom stereocenters. The molecule has 7 nitrogen and oxygen atoms in total. The van der Waals surface area contributed by atoms with E-state index in [0.29, 0.717) is 17.3 Å². The Balaban J connectivity index is 1.79. The monoisotopic (exact) mass is 389 g/mol. The Morgan fingerprint density at radius 2 is 1.45 bits per heavy atom. The number of nitrogens with zero attached hydrogens (tertiary/aromatic N) is 2. The second-order valence-corrected chi connectivity index (χ2v) is 6.79. The number of aromatic nitrogens is 2. The van der Waals surface area contributed by atoms with Crippen molar-refractivity contribution in [2.45, 2.75) is 27.7 Å². The molecule has 0 atom stereocenters. The minimum atomic E-state index is -0.294. The van der Waals surface area contributed by atoms with Crippen molar-refractivity contribution in [3.8, 4) is 0 Å². The van der Waals surface area contributed by atoms with Crippen molar-refractivity contribution in [1.82, 2.24) is 9.97 Å². The fourth-order valence-corrected chi connectivity index (χ4v) is 2.93. The lowest BCUT2D eigenvalue weighted by atomic mass is 10.1. The van der Waals surface area contributed by atoms with Gasteiger partial charge in [-0.05, 0) is 56.2 Å². The predicted octanol–water partition coefficient (Wildman–Crippen LogP) is 4.36. The second-order valence-electron chi connectivity index (χ2n) is 6.79. The molecule has 0 saturated heterocycles. The molecular weight excluding hydrogens is 366 g/mol. The zero-order valence-electron chi connectivity index (χ0n) is 16.8. The van der Waals surface area contributed by atoms with Crippen LogP contribution in [0.5, 0.6) is 0 Å². The van der Waals surface area contributed by atoms with E-state index in [9.17, 15) is 9.59 Å². The first-order chi connectivity index (χ1) is 13.8. The maximum Gasteiger partial charge on any atom is 0.274 e. The molecule has 0 aliphatic carbocycles. The molecule has 29 heavy (non-hydrogen) atoms. The van der Waals surface area contributed by atoms with Gasteiger partial charge in [0.05, 0.1) is 0 Å². The number of para-hydroxylation sites is 1. The van der Waals surface area contributed by atoms with E-state index in [-0.39, 0.29) is 17.5 Å². The van der Waals surface area contributed by atoms with Gasteiger partial charge < -0.3 is 16.0 Å². The second kappa shape index (κ2) is 8.52. The van der Waals surface area contributed by atoms with Crippen LogP contribution in [0.3, 0.4) is 0 Å².